The first-order valence-electron chi connectivity index (χ1n) is 8.01. The van der Waals surface area contributed by atoms with Crippen LogP contribution in [-0.2, 0) is 0 Å². The van der Waals surface area contributed by atoms with E-state index in [0.717, 1.165) is 33.7 Å². The van der Waals surface area contributed by atoms with E-state index in [1.807, 2.05) is 77.8 Å². The molecule has 0 aliphatic heterocycles. The van der Waals surface area contributed by atoms with Crippen molar-refractivity contribution >= 4 is 28.6 Å². The van der Waals surface area contributed by atoms with Gasteiger partial charge in [-0.1, -0.05) is 18.2 Å². The molecule has 0 radical (unpaired) electrons. The van der Waals surface area contributed by atoms with Crippen LogP contribution in [0.2, 0.25) is 0 Å². The minimum atomic E-state index is -0.0904. The van der Waals surface area contributed by atoms with Crippen molar-refractivity contribution in [1.29, 1.82) is 0 Å². The number of aromatic nitrogens is 2. The monoisotopic (exact) mass is 347 g/mol. The molecule has 0 fully saturated rings. The third-order valence-corrected chi connectivity index (χ3v) is 4.93. The number of hydrogen-bond acceptors (Lipinski definition) is 3. The highest BCUT2D eigenvalue weighted by Gasteiger charge is 2.11. The predicted octanol–water partition coefficient (Wildman–Crippen LogP) is 4.93. The topological polar surface area (TPSA) is 46.4 Å². The van der Waals surface area contributed by atoms with E-state index in [9.17, 15) is 4.79 Å². The fraction of sp³-hybridized carbons (Fsp3) is 0.100. The number of aryl methyl sites for hydroxylation is 2. The van der Waals surface area contributed by atoms with Gasteiger partial charge in [0.15, 0.2) is 0 Å². The quantitative estimate of drug-likeness (QED) is 0.571. The Hall–Kier alpha value is -2.92. The lowest BCUT2D eigenvalue weighted by molar-refractivity contribution is 0.102. The highest BCUT2D eigenvalue weighted by Crippen LogP contribution is 2.26. The zero-order valence-electron chi connectivity index (χ0n) is 14.0. The van der Waals surface area contributed by atoms with E-state index in [2.05, 4.69) is 5.32 Å². The Labute approximate surface area is 149 Å². The highest BCUT2D eigenvalue weighted by molar-refractivity contribution is 7.08. The third kappa shape index (κ3) is 2.94. The van der Waals surface area contributed by atoms with E-state index in [0.29, 0.717) is 5.56 Å². The maximum atomic E-state index is 12.3. The molecule has 0 saturated carbocycles. The smallest absolute Gasteiger partial charge is 0.256 e. The summed E-state index contributed by atoms with van der Waals surface area (Å²) < 4.78 is 2.02. The van der Waals surface area contributed by atoms with E-state index in [4.69, 9.17) is 4.98 Å². The Morgan fingerprint density at radius 1 is 1.16 bits per heavy atom. The lowest BCUT2D eigenvalue weighted by Crippen LogP contribution is -2.11. The van der Waals surface area contributed by atoms with Crippen LogP contribution in [0.25, 0.3) is 16.9 Å². The van der Waals surface area contributed by atoms with Crippen molar-refractivity contribution in [3.63, 3.8) is 0 Å². The van der Waals surface area contributed by atoms with E-state index < -0.39 is 0 Å². The van der Waals surface area contributed by atoms with Crippen LogP contribution in [0.5, 0.6) is 0 Å². The number of anilines is 1. The van der Waals surface area contributed by atoms with E-state index in [1.165, 1.54) is 11.3 Å². The summed E-state index contributed by atoms with van der Waals surface area (Å²) in [6.45, 7) is 4.04. The molecule has 4 rings (SSSR count). The Kier molecular flexibility index (Phi) is 3.86. The molecule has 3 aromatic heterocycles. The van der Waals surface area contributed by atoms with Gasteiger partial charge < -0.3 is 9.72 Å². The van der Waals surface area contributed by atoms with Crippen molar-refractivity contribution in [3.8, 4) is 11.3 Å². The fourth-order valence-electron chi connectivity index (χ4n) is 2.80. The number of rotatable bonds is 3. The molecule has 0 bridgehead atoms. The van der Waals surface area contributed by atoms with Gasteiger partial charge in [-0.25, -0.2) is 4.98 Å². The summed E-state index contributed by atoms with van der Waals surface area (Å²) in [4.78, 5) is 17.1. The maximum Gasteiger partial charge on any atom is 0.256 e. The summed E-state index contributed by atoms with van der Waals surface area (Å²) >= 11 is 1.51. The molecule has 3 heterocycles. The second-order valence-electron chi connectivity index (χ2n) is 6.04. The third-order valence-electron chi connectivity index (χ3n) is 4.24. The van der Waals surface area contributed by atoms with Gasteiger partial charge in [0.05, 0.1) is 11.3 Å². The standard InChI is InChI=1S/C20H17N3OS/c1-13-5-6-15(10-17(13)22-20(24)16-7-9-25-12-16)18-11-23-8-3-4-14(2)19(23)21-18/h3-12H,1-2H3,(H,22,24). The number of carbonyl (C=O) groups is 1. The summed E-state index contributed by atoms with van der Waals surface area (Å²) in [7, 11) is 0. The molecule has 4 aromatic rings. The summed E-state index contributed by atoms with van der Waals surface area (Å²) in [5.41, 5.74) is 6.45. The zero-order chi connectivity index (χ0) is 17.4. The molecule has 4 nitrogen and oxygen atoms in total. The van der Waals surface area contributed by atoms with Crippen LogP contribution in [0.15, 0.2) is 59.6 Å². The number of imidazole rings is 1. The molecule has 0 unspecified atom stereocenters. The van der Waals surface area contributed by atoms with Crippen molar-refractivity contribution in [2.75, 3.05) is 5.32 Å². The SMILES string of the molecule is Cc1ccc(-c2cn3cccc(C)c3n2)cc1NC(=O)c1ccsc1. The lowest BCUT2D eigenvalue weighted by Gasteiger charge is -2.09. The normalized spacial score (nSPS) is 11.0. The summed E-state index contributed by atoms with van der Waals surface area (Å²) in [5, 5.41) is 6.75. The lowest BCUT2D eigenvalue weighted by atomic mass is 10.1. The second-order valence-corrected chi connectivity index (χ2v) is 6.82. The fourth-order valence-corrected chi connectivity index (χ4v) is 3.43. The van der Waals surface area contributed by atoms with Crippen molar-refractivity contribution in [2.24, 2.45) is 0 Å². The van der Waals surface area contributed by atoms with Crippen molar-refractivity contribution in [3.05, 3.63) is 76.2 Å². The molecular weight excluding hydrogens is 330 g/mol. The first-order valence-corrected chi connectivity index (χ1v) is 8.95. The Morgan fingerprint density at radius 3 is 2.80 bits per heavy atom. The number of benzene rings is 1. The minimum absolute atomic E-state index is 0.0904. The van der Waals surface area contributed by atoms with Gasteiger partial charge in [-0.05, 0) is 48.6 Å². The van der Waals surface area contributed by atoms with Gasteiger partial charge in [-0.3, -0.25) is 4.79 Å². The number of nitrogens with one attached hydrogen (secondary N) is 1. The zero-order valence-corrected chi connectivity index (χ0v) is 14.8. The van der Waals surface area contributed by atoms with Gasteiger partial charge in [-0.2, -0.15) is 11.3 Å². The first-order chi connectivity index (χ1) is 12.1. The summed E-state index contributed by atoms with van der Waals surface area (Å²) in [5.74, 6) is -0.0904. The van der Waals surface area contributed by atoms with Gasteiger partial charge in [0.1, 0.15) is 5.65 Å². The first kappa shape index (κ1) is 15.6. The molecule has 25 heavy (non-hydrogen) atoms. The Balaban J connectivity index is 1.71. The summed E-state index contributed by atoms with van der Waals surface area (Å²) in [6.07, 6.45) is 4.00. The van der Waals surface area contributed by atoms with E-state index in [-0.39, 0.29) is 5.91 Å². The molecule has 0 saturated heterocycles. The molecule has 5 heteroatoms. The van der Waals surface area contributed by atoms with Gasteiger partial charge in [0.25, 0.3) is 5.91 Å². The van der Waals surface area contributed by atoms with Crippen LogP contribution >= 0.6 is 11.3 Å². The summed E-state index contributed by atoms with van der Waals surface area (Å²) in [6, 6.07) is 11.9. The minimum Gasteiger partial charge on any atom is -0.322 e. The molecule has 1 aromatic carbocycles. The Bertz CT molecular complexity index is 1060. The molecule has 1 amide bonds. The van der Waals surface area contributed by atoms with Gasteiger partial charge in [0.2, 0.25) is 0 Å². The largest absolute Gasteiger partial charge is 0.322 e. The molecule has 124 valence electrons. The van der Waals surface area contributed by atoms with Crippen LogP contribution in [-0.4, -0.2) is 15.3 Å². The number of amides is 1. The van der Waals surface area contributed by atoms with E-state index >= 15 is 0 Å². The van der Waals surface area contributed by atoms with Crippen LogP contribution in [0.1, 0.15) is 21.5 Å². The van der Waals surface area contributed by atoms with Crippen LogP contribution in [0.3, 0.4) is 0 Å². The number of fused-ring (bicyclic) bond motifs is 1. The van der Waals surface area contributed by atoms with Gasteiger partial charge >= 0.3 is 0 Å². The van der Waals surface area contributed by atoms with Crippen LogP contribution < -0.4 is 5.32 Å². The predicted molar refractivity (Wildman–Crippen MR) is 102 cm³/mol. The molecule has 0 aliphatic rings. The molecular formula is C20H17N3OS. The molecule has 1 N–H and O–H groups in total. The average molecular weight is 347 g/mol. The van der Waals surface area contributed by atoms with Crippen molar-refractivity contribution in [2.45, 2.75) is 13.8 Å². The van der Waals surface area contributed by atoms with E-state index in [1.54, 1.807) is 0 Å². The number of thiophene rings is 1. The molecule has 0 spiro atoms. The number of hydrogen-bond donors (Lipinski definition) is 1. The molecule has 0 atom stereocenters. The number of pyridine rings is 1. The Morgan fingerprint density at radius 2 is 2.04 bits per heavy atom. The highest BCUT2D eigenvalue weighted by atomic mass is 32.1. The maximum absolute atomic E-state index is 12.3. The molecule has 0 aliphatic carbocycles. The number of nitrogens with zero attached hydrogens (tertiary/aromatic N) is 2. The average Bonchev–Trinajstić information content (AvgIpc) is 3.26. The van der Waals surface area contributed by atoms with Crippen molar-refractivity contribution in [1.82, 2.24) is 9.38 Å². The van der Waals surface area contributed by atoms with Crippen LogP contribution in [0.4, 0.5) is 5.69 Å². The van der Waals surface area contributed by atoms with Gasteiger partial charge in [0, 0.05) is 29.0 Å². The van der Waals surface area contributed by atoms with Gasteiger partial charge in [-0.15, -0.1) is 0 Å². The van der Waals surface area contributed by atoms with Crippen molar-refractivity contribution < 1.29 is 4.79 Å². The second kappa shape index (κ2) is 6.18. The van der Waals surface area contributed by atoms with Crippen LogP contribution in [0, 0.1) is 13.8 Å². The number of carbonyl (C=O) groups excluding carboxylic acids is 1.